The largest absolute Gasteiger partial charge is 0.492 e. The van der Waals surface area contributed by atoms with E-state index in [4.69, 9.17) is 4.74 Å². The van der Waals surface area contributed by atoms with Crippen molar-refractivity contribution in [1.29, 1.82) is 0 Å². The Morgan fingerprint density at radius 1 is 1.19 bits per heavy atom. The van der Waals surface area contributed by atoms with Crippen molar-refractivity contribution in [2.45, 2.75) is 24.6 Å². The van der Waals surface area contributed by atoms with Gasteiger partial charge in [-0.2, -0.15) is 18.3 Å². The quantitative estimate of drug-likeness (QED) is 0.628. The van der Waals surface area contributed by atoms with E-state index >= 15 is 0 Å². The molecule has 1 aliphatic heterocycles. The van der Waals surface area contributed by atoms with Crippen LogP contribution in [0.15, 0.2) is 48.8 Å². The molecule has 1 aliphatic carbocycles. The number of nitrogens with one attached hydrogen (secondary N) is 1. The Morgan fingerprint density at radius 2 is 2.00 bits per heavy atom. The molecule has 1 fully saturated rings. The van der Waals surface area contributed by atoms with E-state index in [0.717, 1.165) is 6.42 Å². The molecule has 166 valence electrons. The van der Waals surface area contributed by atoms with Gasteiger partial charge in [-0.1, -0.05) is 24.3 Å². The van der Waals surface area contributed by atoms with Gasteiger partial charge >= 0.3 is 6.18 Å². The molecule has 6 nitrogen and oxygen atoms in total. The number of hydrogen-bond donors (Lipinski definition) is 2. The van der Waals surface area contributed by atoms with E-state index in [-0.39, 0.29) is 29.4 Å². The number of hydrogen-bond acceptors (Lipinski definition) is 4. The van der Waals surface area contributed by atoms with Gasteiger partial charge in [0, 0.05) is 35.9 Å². The van der Waals surface area contributed by atoms with E-state index < -0.39 is 11.8 Å². The van der Waals surface area contributed by atoms with Crippen LogP contribution in [-0.2, 0) is 10.4 Å². The number of carbonyl (C=O) groups excluding carboxylic acids is 1. The predicted molar refractivity (Wildman–Crippen MR) is 110 cm³/mol. The first-order valence-corrected chi connectivity index (χ1v) is 10.3. The summed E-state index contributed by atoms with van der Waals surface area (Å²) in [4.78, 5) is 13.5. The predicted octanol–water partition coefficient (Wildman–Crippen LogP) is 3.86. The average Bonchev–Trinajstić information content (AvgIpc) is 3.48. The number of aliphatic hydroxyl groups is 1. The Morgan fingerprint density at radius 3 is 2.69 bits per heavy atom. The zero-order valence-electron chi connectivity index (χ0n) is 16.9. The lowest BCUT2D eigenvalue weighted by atomic mass is 9.89. The van der Waals surface area contributed by atoms with Crippen molar-refractivity contribution in [2.75, 3.05) is 19.7 Å². The lowest BCUT2D eigenvalue weighted by Gasteiger charge is -2.29. The molecule has 1 atom stereocenters. The van der Waals surface area contributed by atoms with Crippen LogP contribution in [-0.4, -0.2) is 52.0 Å². The Bertz CT molecular complexity index is 1180. The van der Waals surface area contributed by atoms with Crippen molar-refractivity contribution in [3.05, 3.63) is 59.9 Å². The Kier molecular flexibility index (Phi) is 4.74. The summed E-state index contributed by atoms with van der Waals surface area (Å²) in [7, 11) is 0. The number of aromatic nitrogens is 2. The minimum Gasteiger partial charge on any atom is -0.492 e. The zero-order valence-corrected chi connectivity index (χ0v) is 16.9. The van der Waals surface area contributed by atoms with Gasteiger partial charge in [0.25, 0.3) is 0 Å². The number of H-pyrrole nitrogens is 1. The molecular formula is C23H20F3N3O3. The molecule has 2 aromatic carbocycles. The summed E-state index contributed by atoms with van der Waals surface area (Å²) in [5, 5.41) is 17.7. The van der Waals surface area contributed by atoms with Gasteiger partial charge in [0.15, 0.2) is 0 Å². The third-order valence-electron chi connectivity index (χ3n) is 6.11. The molecule has 1 amide bonds. The fraction of sp³-hybridized carbons (Fsp3) is 0.304. The highest BCUT2D eigenvalue weighted by molar-refractivity contribution is 5.93. The second-order valence-electron chi connectivity index (χ2n) is 7.97. The summed E-state index contributed by atoms with van der Waals surface area (Å²) < 4.78 is 48.5. The monoisotopic (exact) mass is 443 g/mol. The van der Waals surface area contributed by atoms with Gasteiger partial charge in [-0.3, -0.25) is 9.89 Å². The SMILES string of the molecule is O=C1CCCN1CCOc1cc(-c2cn[nH]c2)c2c(c1)[C@](O)(C(F)(F)F)c1ccccc1-2. The smallest absolute Gasteiger partial charge is 0.425 e. The van der Waals surface area contributed by atoms with Crippen LogP contribution in [0.2, 0.25) is 0 Å². The third kappa shape index (κ3) is 3.07. The first-order chi connectivity index (χ1) is 15.3. The van der Waals surface area contributed by atoms with E-state index in [1.165, 1.54) is 24.4 Å². The Labute approximate surface area is 181 Å². The number of likely N-dealkylation sites (tertiary alicyclic amines) is 1. The molecule has 0 radical (unpaired) electrons. The Balaban J connectivity index is 1.61. The molecule has 2 heterocycles. The van der Waals surface area contributed by atoms with E-state index in [9.17, 15) is 23.1 Å². The zero-order chi connectivity index (χ0) is 22.5. The molecule has 32 heavy (non-hydrogen) atoms. The molecule has 1 saturated heterocycles. The first kappa shape index (κ1) is 20.6. The van der Waals surface area contributed by atoms with Crippen LogP contribution >= 0.6 is 0 Å². The van der Waals surface area contributed by atoms with Crippen LogP contribution in [0, 0.1) is 0 Å². The first-order valence-electron chi connectivity index (χ1n) is 10.3. The second-order valence-corrected chi connectivity index (χ2v) is 7.97. The average molecular weight is 443 g/mol. The molecule has 0 bridgehead atoms. The standard InChI is InChI=1S/C23H20F3N3O3/c24-23(25,26)22(31)18-5-2-1-4-16(18)21-17(14-12-27-28-13-14)10-15(11-19(21)22)32-9-8-29-7-3-6-20(29)30/h1-2,4-5,10-13,31H,3,6-9H2,(H,27,28)/t22-/m0/s1. The minimum atomic E-state index is -4.94. The van der Waals surface area contributed by atoms with Gasteiger partial charge in [0.1, 0.15) is 12.4 Å². The number of aromatic amines is 1. The minimum absolute atomic E-state index is 0.0449. The molecular weight excluding hydrogens is 423 g/mol. The highest BCUT2D eigenvalue weighted by atomic mass is 19.4. The van der Waals surface area contributed by atoms with E-state index in [2.05, 4.69) is 10.2 Å². The van der Waals surface area contributed by atoms with Gasteiger partial charge in [-0.15, -0.1) is 0 Å². The van der Waals surface area contributed by atoms with Crippen LogP contribution in [0.25, 0.3) is 22.3 Å². The molecule has 1 aromatic heterocycles. The topological polar surface area (TPSA) is 78.5 Å². The summed E-state index contributed by atoms with van der Waals surface area (Å²) in [6.07, 6.45) is -0.562. The number of halogens is 3. The van der Waals surface area contributed by atoms with Crippen LogP contribution in [0.3, 0.4) is 0 Å². The lowest BCUT2D eigenvalue weighted by molar-refractivity contribution is -0.246. The van der Waals surface area contributed by atoms with Gasteiger partial charge in [0.2, 0.25) is 11.5 Å². The summed E-state index contributed by atoms with van der Waals surface area (Å²) in [6, 6.07) is 8.87. The van der Waals surface area contributed by atoms with Gasteiger partial charge < -0.3 is 14.7 Å². The van der Waals surface area contributed by atoms with Crippen molar-refractivity contribution in [3.63, 3.8) is 0 Å². The highest BCUT2D eigenvalue weighted by Crippen LogP contribution is 2.58. The molecule has 0 unspecified atom stereocenters. The Hall–Kier alpha value is -3.33. The fourth-order valence-corrected chi connectivity index (χ4v) is 4.58. The summed E-state index contributed by atoms with van der Waals surface area (Å²) >= 11 is 0. The van der Waals surface area contributed by atoms with Crippen LogP contribution < -0.4 is 4.74 Å². The maximum Gasteiger partial charge on any atom is 0.425 e. The van der Waals surface area contributed by atoms with E-state index in [0.29, 0.717) is 41.8 Å². The number of nitrogens with zero attached hydrogens (tertiary/aromatic N) is 2. The normalized spacial score (nSPS) is 19.9. The van der Waals surface area contributed by atoms with E-state index in [1.807, 2.05) is 0 Å². The number of fused-ring (bicyclic) bond motifs is 3. The van der Waals surface area contributed by atoms with Crippen molar-refractivity contribution < 1.29 is 27.8 Å². The number of benzene rings is 2. The summed E-state index contributed by atoms with van der Waals surface area (Å²) in [5.41, 5.74) is -2.01. The van der Waals surface area contributed by atoms with Crippen molar-refractivity contribution in [1.82, 2.24) is 15.1 Å². The molecule has 2 N–H and O–H groups in total. The van der Waals surface area contributed by atoms with Gasteiger partial charge in [-0.05, 0) is 35.2 Å². The molecule has 3 aromatic rings. The molecule has 0 spiro atoms. The molecule has 5 rings (SSSR count). The summed E-state index contributed by atoms with van der Waals surface area (Å²) in [5.74, 6) is 0.227. The van der Waals surface area contributed by atoms with Crippen molar-refractivity contribution in [3.8, 4) is 28.0 Å². The number of carbonyl (C=O) groups is 1. The molecule has 2 aliphatic rings. The van der Waals surface area contributed by atoms with Gasteiger partial charge in [0.05, 0.1) is 12.7 Å². The fourth-order valence-electron chi connectivity index (χ4n) is 4.58. The third-order valence-corrected chi connectivity index (χ3v) is 6.11. The van der Waals surface area contributed by atoms with Crippen LogP contribution in [0.1, 0.15) is 24.0 Å². The highest BCUT2D eigenvalue weighted by Gasteiger charge is 2.61. The second kappa shape index (κ2) is 7.37. The van der Waals surface area contributed by atoms with Crippen LogP contribution in [0.4, 0.5) is 13.2 Å². The number of rotatable bonds is 5. The summed E-state index contributed by atoms with van der Waals surface area (Å²) in [6.45, 7) is 1.13. The lowest BCUT2D eigenvalue weighted by Crippen LogP contribution is -2.41. The van der Waals surface area contributed by atoms with Gasteiger partial charge in [-0.25, -0.2) is 0 Å². The number of alkyl halides is 3. The molecule has 9 heteroatoms. The maximum absolute atomic E-state index is 14.3. The molecule has 0 saturated carbocycles. The van der Waals surface area contributed by atoms with Crippen molar-refractivity contribution >= 4 is 5.91 Å². The maximum atomic E-state index is 14.3. The van der Waals surface area contributed by atoms with Crippen molar-refractivity contribution in [2.24, 2.45) is 0 Å². The van der Waals surface area contributed by atoms with E-state index in [1.54, 1.807) is 29.3 Å². The number of amides is 1. The number of ether oxygens (including phenoxy) is 1. The van der Waals surface area contributed by atoms with Crippen LogP contribution in [0.5, 0.6) is 5.75 Å².